The van der Waals surface area contributed by atoms with Crippen LogP contribution in [-0.2, 0) is 10.0 Å². The van der Waals surface area contributed by atoms with Crippen LogP contribution in [-0.4, -0.2) is 28.2 Å². The molecule has 0 unspecified atom stereocenters. The van der Waals surface area contributed by atoms with E-state index >= 15 is 0 Å². The number of benzene rings is 2. The van der Waals surface area contributed by atoms with Crippen LogP contribution in [0.25, 0.3) is 6.08 Å². The van der Waals surface area contributed by atoms with Gasteiger partial charge in [0.1, 0.15) is 18.1 Å². The Morgan fingerprint density at radius 1 is 0.960 bits per heavy atom. The van der Waals surface area contributed by atoms with Gasteiger partial charge in [0.2, 0.25) is 10.0 Å². The molecule has 2 aromatic rings. The van der Waals surface area contributed by atoms with Crippen LogP contribution in [0, 0.1) is 6.92 Å². The SMILES string of the molecule is CCOc1ccc(OCCNS(=O)(=O)/C=C/c2ccc(C)cc2)cc1. The number of nitrogens with one attached hydrogen (secondary N) is 1. The summed E-state index contributed by atoms with van der Waals surface area (Å²) in [6.45, 7) is 4.94. The number of hydrogen-bond donors (Lipinski definition) is 1. The van der Waals surface area contributed by atoms with Gasteiger partial charge >= 0.3 is 0 Å². The van der Waals surface area contributed by atoms with E-state index in [0.717, 1.165) is 22.3 Å². The van der Waals surface area contributed by atoms with Gasteiger partial charge in [0.25, 0.3) is 0 Å². The van der Waals surface area contributed by atoms with Crippen molar-refractivity contribution in [2.45, 2.75) is 13.8 Å². The quantitative estimate of drug-likeness (QED) is 0.696. The van der Waals surface area contributed by atoms with Gasteiger partial charge in [-0.05, 0) is 49.8 Å². The van der Waals surface area contributed by atoms with Crippen molar-refractivity contribution in [3.8, 4) is 11.5 Å². The van der Waals surface area contributed by atoms with Gasteiger partial charge in [0.05, 0.1) is 6.61 Å². The molecule has 0 radical (unpaired) electrons. The maximum Gasteiger partial charge on any atom is 0.233 e. The maximum atomic E-state index is 11.9. The van der Waals surface area contributed by atoms with E-state index in [4.69, 9.17) is 9.47 Å². The minimum atomic E-state index is -3.49. The first-order valence-corrected chi connectivity index (χ1v) is 9.63. The number of aryl methyl sites for hydroxylation is 1. The highest BCUT2D eigenvalue weighted by molar-refractivity contribution is 7.92. The van der Waals surface area contributed by atoms with E-state index in [1.165, 1.54) is 0 Å². The van der Waals surface area contributed by atoms with Gasteiger partial charge in [-0.25, -0.2) is 13.1 Å². The first kappa shape index (κ1) is 19.0. The highest BCUT2D eigenvalue weighted by Crippen LogP contribution is 2.17. The van der Waals surface area contributed by atoms with E-state index in [0.29, 0.717) is 12.4 Å². The van der Waals surface area contributed by atoms with E-state index in [2.05, 4.69) is 4.72 Å². The minimum absolute atomic E-state index is 0.188. The summed E-state index contributed by atoms with van der Waals surface area (Å²) in [5.74, 6) is 1.44. The predicted octanol–water partition coefficient (Wildman–Crippen LogP) is 3.36. The molecule has 0 aliphatic rings. The van der Waals surface area contributed by atoms with Crippen LogP contribution in [0.5, 0.6) is 11.5 Å². The fourth-order valence-electron chi connectivity index (χ4n) is 2.05. The third kappa shape index (κ3) is 6.99. The van der Waals surface area contributed by atoms with E-state index in [9.17, 15) is 8.42 Å². The molecule has 0 spiro atoms. The molecular weight excluding hydrogens is 338 g/mol. The van der Waals surface area contributed by atoms with Crippen molar-refractivity contribution in [3.05, 3.63) is 65.1 Å². The molecule has 0 aromatic heterocycles. The van der Waals surface area contributed by atoms with Gasteiger partial charge < -0.3 is 9.47 Å². The van der Waals surface area contributed by atoms with Gasteiger partial charge in [0, 0.05) is 12.0 Å². The number of rotatable bonds is 9. The van der Waals surface area contributed by atoms with E-state index in [-0.39, 0.29) is 13.2 Å². The lowest BCUT2D eigenvalue weighted by Gasteiger charge is -2.08. The molecule has 0 aliphatic carbocycles. The predicted molar refractivity (Wildman–Crippen MR) is 100 cm³/mol. The van der Waals surface area contributed by atoms with E-state index in [1.54, 1.807) is 18.2 Å². The van der Waals surface area contributed by atoms with Gasteiger partial charge in [0.15, 0.2) is 0 Å². The minimum Gasteiger partial charge on any atom is -0.494 e. The highest BCUT2D eigenvalue weighted by Gasteiger charge is 2.04. The molecule has 0 atom stereocenters. The average Bonchev–Trinajstić information content (AvgIpc) is 2.60. The first-order chi connectivity index (χ1) is 12.0. The van der Waals surface area contributed by atoms with Crippen LogP contribution < -0.4 is 14.2 Å². The number of sulfonamides is 1. The van der Waals surface area contributed by atoms with Crippen LogP contribution in [0.3, 0.4) is 0 Å². The molecular formula is C19H23NO4S. The Kier molecular flexibility index (Phi) is 7.03. The lowest BCUT2D eigenvalue weighted by molar-refractivity contribution is 0.319. The fraction of sp³-hybridized carbons (Fsp3) is 0.263. The second-order valence-corrected chi connectivity index (χ2v) is 7.06. The second-order valence-electron chi connectivity index (χ2n) is 5.41. The summed E-state index contributed by atoms with van der Waals surface area (Å²) < 4.78 is 37.2. The summed E-state index contributed by atoms with van der Waals surface area (Å²) >= 11 is 0. The van der Waals surface area contributed by atoms with Crippen molar-refractivity contribution in [2.75, 3.05) is 19.8 Å². The molecule has 6 heteroatoms. The van der Waals surface area contributed by atoms with Crippen molar-refractivity contribution in [2.24, 2.45) is 0 Å². The molecule has 5 nitrogen and oxygen atoms in total. The molecule has 2 rings (SSSR count). The molecule has 0 fully saturated rings. The topological polar surface area (TPSA) is 64.6 Å². The van der Waals surface area contributed by atoms with Gasteiger partial charge in [-0.15, -0.1) is 0 Å². The first-order valence-electron chi connectivity index (χ1n) is 8.08. The van der Waals surface area contributed by atoms with Crippen LogP contribution >= 0.6 is 0 Å². The van der Waals surface area contributed by atoms with Crippen molar-refractivity contribution >= 4 is 16.1 Å². The Labute approximate surface area is 149 Å². The second kappa shape index (κ2) is 9.25. The number of ether oxygens (including phenoxy) is 2. The molecule has 0 saturated carbocycles. The summed E-state index contributed by atoms with van der Waals surface area (Å²) in [5, 5.41) is 1.16. The van der Waals surface area contributed by atoms with E-state index < -0.39 is 10.0 Å². The zero-order valence-electron chi connectivity index (χ0n) is 14.4. The van der Waals surface area contributed by atoms with Crippen LogP contribution in [0.4, 0.5) is 0 Å². The average molecular weight is 361 g/mol. The normalized spacial score (nSPS) is 11.6. The van der Waals surface area contributed by atoms with Crippen LogP contribution in [0.1, 0.15) is 18.1 Å². The Bertz CT molecular complexity index is 781. The molecule has 25 heavy (non-hydrogen) atoms. The summed E-state index contributed by atoms with van der Waals surface area (Å²) in [4.78, 5) is 0. The Balaban J connectivity index is 1.77. The molecule has 0 amide bonds. The van der Waals surface area contributed by atoms with Gasteiger partial charge in [-0.3, -0.25) is 0 Å². The molecule has 1 N–H and O–H groups in total. The summed E-state index contributed by atoms with van der Waals surface area (Å²) in [6, 6.07) is 14.8. The zero-order chi connectivity index (χ0) is 18.1. The van der Waals surface area contributed by atoms with Crippen LogP contribution in [0.15, 0.2) is 53.9 Å². The number of hydrogen-bond acceptors (Lipinski definition) is 4. The van der Waals surface area contributed by atoms with Crippen molar-refractivity contribution in [1.29, 1.82) is 0 Å². The van der Waals surface area contributed by atoms with Crippen molar-refractivity contribution < 1.29 is 17.9 Å². The third-order valence-corrected chi connectivity index (χ3v) is 4.43. The largest absolute Gasteiger partial charge is 0.494 e. The van der Waals surface area contributed by atoms with Crippen molar-refractivity contribution in [3.63, 3.8) is 0 Å². The molecule has 0 saturated heterocycles. The summed E-state index contributed by atoms with van der Waals surface area (Å²) in [7, 11) is -3.49. The maximum absolute atomic E-state index is 11.9. The Hall–Kier alpha value is -2.31. The lowest BCUT2D eigenvalue weighted by Crippen LogP contribution is -2.26. The lowest BCUT2D eigenvalue weighted by atomic mass is 10.2. The molecule has 134 valence electrons. The van der Waals surface area contributed by atoms with Crippen molar-refractivity contribution in [1.82, 2.24) is 4.72 Å². The summed E-state index contributed by atoms with van der Waals surface area (Å²) in [5.41, 5.74) is 1.96. The Morgan fingerprint density at radius 3 is 2.16 bits per heavy atom. The standard InChI is InChI=1S/C19H23NO4S/c1-3-23-18-8-10-19(11-9-18)24-14-13-20-25(21,22)15-12-17-6-4-16(2)5-7-17/h4-12,15,20H,3,13-14H2,1-2H3/b15-12+. The monoisotopic (exact) mass is 361 g/mol. The molecule has 2 aromatic carbocycles. The fourth-order valence-corrected chi connectivity index (χ4v) is 2.85. The third-order valence-electron chi connectivity index (χ3n) is 3.33. The van der Waals surface area contributed by atoms with Gasteiger partial charge in [-0.2, -0.15) is 0 Å². The van der Waals surface area contributed by atoms with E-state index in [1.807, 2.05) is 50.2 Å². The summed E-state index contributed by atoms with van der Waals surface area (Å²) in [6.07, 6.45) is 1.56. The Morgan fingerprint density at radius 2 is 1.56 bits per heavy atom. The smallest absolute Gasteiger partial charge is 0.233 e. The zero-order valence-corrected chi connectivity index (χ0v) is 15.3. The van der Waals surface area contributed by atoms with Gasteiger partial charge in [-0.1, -0.05) is 29.8 Å². The highest BCUT2D eigenvalue weighted by atomic mass is 32.2. The van der Waals surface area contributed by atoms with Crippen LogP contribution in [0.2, 0.25) is 0 Å². The molecule has 0 heterocycles. The molecule has 0 aliphatic heterocycles. The molecule has 0 bridgehead atoms.